The first-order chi connectivity index (χ1) is 14.7. The minimum absolute atomic E-state index is 0.348. The number of rotatable bonds is 4. The van der Waals surface area contributed by atoms with Crippen LogP contribution in [0.4, 0.5) is 11.5 Å². The van der Waals surface area contributed by atoms with Gasteiger partial charge in [0.1, 0.15) is 17.0 Å². The number of benzene rings is 1. The van der Waals surface area contributed by atoms with Crippen LogP contribution in [0.1, 0.15) is 42.5 Å². The van der Waals surface area contributed by atoms with Crippen molar-refractivity contribution >= 4 is 54.9 Å². The highest BCUT2D eigenvalue weighted by molar-refractivity contribution is 9.10. The average molecular weight is 485 g/mol. The van der Waals surface area contributed by atoms with Crippen LogP contribution in [0.25, 0.3) is 10.2 Å². The Hall–Kier alpha value is -1.99. The van der Waals surface area contributed by atoms with E-state index in [4.69, 9.17) is 0 Å². The molecule has 3 aromatic rings. The van der Waals surface area contributed by atoms with Crippen LogP contribution in [0.15, 0.2) is 35.1 Å². The van der Waals surface area contributed by atoms with Crippen molar-refractivity contribution in [2.24, 2.45) is 5.92 Å². The van der Waals surface area contributed by atoms with Gasteiger partial charge in [-0.2, -0.15) is 0 Å². The minimum Gasteiger partial charge on any atom is -0.343 e. The van der Waals surface area contributed by atoms with E-state index in [-0.39, 0.29) is 0 Å². The SMILES string of the molecule is O=C(CC1CCc2c(sc3ncnc(Nc4cccc(Br)c4)c23)C1)N1CCCCC1. The van der Waals surface area contributed by atoms with Gasteiger partial charge in [-0.15, -0.1) is 11.3 Å². The Morgan fingerprint density at radius 2 is 2.10 bits per heavy atom. The molecular formula is C23H25BrN4OS. The Balaban J connectivity index is 1.36. The lowest BCUT2D eigenvalue weighted by Gasteiger charge is -2.29. The molecule has 0 saturated carbocycles. The Morgan fingerprint density at radius 3 is 2.93 bits per heavy atom. The number of piperidine rings is 1. The maximum absolute atomic E-state index is 12.7. The summed E-state index contributed by atoms with van der Waals surface area (Å²) in [7, 11) is 0. The third-order valence-electron chi connectivity index (χ3n) is 6.21. The molecule has 1 aliphatic heterocycles. The van der Waals surface area contributed by atoms with E-state index in [9.17, 15) is 4.79 Å². The van der Waals surface area contributed by atoms with Gasteiger partial charge >= 0.3 is 0 Å². The molecule has 1 unspecified atom stereocenters. The zero-order valence-corrected chi connectivity index (χ0v) is 19.3. The Kier molecular flexibility index (Phi) is 5.74. The molecule has 1 aromatic carbocycles. The van der Waals surface area contributed by atoms with Crippen molar-refractivity contribution in [1.29, 1.82) is 0 Å². The summed E-state index contributed by atoms with van der Waals surface area (Å²) in [6.45, 7) is 1.89. The van der Waals surface area contributed by atoms with Crippen molar-refractivity contribution in [3.63, 3.8) is 0 Å². The van der Waals surface area contributed by atoms with Crippen molar-refractivity contribution in [3.05, 3.63) is 45.5 Å². The van der Waals surface area contributed by atoms with Gasteiger partial charge < -0.3 is 10.2 Å². The number of aryl methyl sites for hydroxylation is 1. The number of halogens is 1. The van der Waals surface area contributed by atoms with Crippen LogP contribution >= 0.6 is 27.3 Å². The molecule has 0 spiro atoms. The van der Waals surface area contributed by atoms with Gasteiger partial charge in [-0.25, -0.2) is 9.97 Å². The van der Waals surface area contributed by atoms with Crippen molar-refractivity contribution in [3.8, 4) is 0 Å². The van der Waals surface area contributed by atoms with E-state index >= 15 is 0 Å². The summed E-state index contributed by atoms with van der Waals surface area (Å²) in [5.74, 6) is 1.66. The Bertz CT molecular complexity index is 1080. The summed E-state index contributed by atoms with van der Waals surface area (Å²) in [5, 5.41) is 4.63. The fourth-order valence-corrected chi connectivity index (χ4v) is 6.37. The molecule has 1 saturated heterocycles. The van der Waals surface area contributed by atoms with Crippen LogP contribution < -0.4 is 5.32 Å². The van der Waals surface area contributed by atoms with Crippen molar-refractivity contribution < 1.29 is 4.79 Å². The van der Waals surface area contributed by atoms with E-state index in [0.717, 1.165) is 71.4 Å². The third-order valence-corrected chi connectivity index (χ3v) is 7.86. The average Bonchev–Trinajstić information content (AvgIpc) is 3.13. The third kappa shape index (κ3) is 4.10. The number of carbonyl (C=O) groups excluding carboxylic acids is 1. The molecule has 156 valence electrons. The number of hydrogen-bond acceptors (Lipinski definition) is 5. The van der Waals surface area contributed by atoms with Crippen LogP contribution in [0.5, 0.6) is 0 Å². The number of amides is 1. The summed E-state index contributed by atoms with van der Waals surface area (Å²) < 4.78 is 1.03. The molecule has 0 radical (unpaired) electrons. The summed E-state index contributed by atoms with van der Waals surface area (Å²) in [5.41, 5.74) is 2.37. The number of nitrogens with zero attached hydrogens (tertiary/aromatic N) is 3. The fraction of sp³-hybridized carbons (Fsp3) is 0.435. The van der Waals surface area contributed by atoms with E-state index in [0.29, 0.717) is 18.2 Å². The molecule has 7 heteroatoms. The highest BCUT2D eigenvalue weighted by atomic mass is 79.9. The van der Waals surface area contributed by atoms with Crippen LogP contribution in [-0.4, -0.2) is 33.9 Å². The van der Waals surface area contributed by atoms with Gasteiger partial charge in [0.05, 0.1) is 5.39 Å². The molecule has 3 heterocycles. The molecule has 2 aromatic heterocycles. The van der Waals surface area contributed by atoms with Crippen molar-refractivity contribution in [2.45, 2.75) is 44.9 Å². The van der Waals surface area contributed by atoms with Crippen molar-refractivity contribution in [2.75, 3.05) is 18.4 Å². The smallest absolute Gasteiger partial charge is 0.222 e. The molecule has 0 bridgehead atoms. The topological polar surface area (TPSA) is 58.1 Å². The Labute approximate surface area is 189 Å². The normalized spacial score (nSPS) is 19.0. The molecule has 5 nitrogen and oxygen atoms in total. The van der Waals surface area contributed by atoms with E-state index in [1.807, 2.05) is 18.2 Å². The summed E-state index contributed by atoms with van der Waals surface area (Å²) in [6, 6.07) is 8.12. The van der Waals surface area contributed by atoms with Gasteiger partial charge in [0.25, 0.3) is 0 Å². The van der Waals surface area contributed by atoms with E-state index in [1.54, 1.807) is 17.7 Å². The molecule has 1 N–H and O–H groups in total. The number of fused-ring (bicyclic) bond motifs is 3. The molecule has 2 aliphatic rings. The van der Waals surface area contributed by atoms with Crippen LogP contribution in [0.3, 0.4) is 0 Å². The fourth-order valence-electron chi connectivity index (χ4n) is 4.67. The van der Waals surface area contributed by atoms with E-state index < -0.39 is 0 Å². The van der Waals surface area contributed by atoms with Crippen molar-refractivity contribution in [1.82, 2.24) is 14.9 Å². The van der Waals surface area contributed by atoms with Gasteiger partial charge in [-0.05, 0) is 68.2 Å². The quantitative estimate of drug-likeness (QED) is 0.515. The van der Waals surface area contributed by atoms with Crippen LogP contribution in [0.2, 0.25) is 0 Å². The summed E-state index contributed by atoms with van der Waals surface area (Å²) in [6.07, 6.45) is 8.93. The molecule has 1 atom stereocenters. The van der Waals surface area contributed by atoms with Gasteiger partial charge in [-0.1, -0.05) is 22.0 Å². The van der Waals surface area contributed by atoms with Crippen LogP contribution in [-0.2, 0) is 17.6 Å². The number of aromatic nitrogens is 2. The lowest BCUT2D eigenvalue weighted by atomic mass is 9.85. The standard InChI is InChI=1S/C23H25BrN4OS/c24-16-5-4-6-17(13-16)27-22-21-18-8-7-15(11-19(18)30-23(21)26-14-25-22)12-20(29)28-9-2-1-3-10-28/h4-6,13-15H,1-3,7-12H2,(H,25,26,27). The zero-order valence-electron chi connectivity index (χ0n) is 16.9. The maximum atomic E-state index is 12.7. The molecule has 1 aliphatic carbocycles. The highest BCUT2D eigenvalue weighted by Crippen LogP contribution is 2.41. The summed E-state index contributed by atoms with van der Waals surface area (Å²) in [4.78, 5) is 26.3. The number of thiophene rings is 1. The second kappa shape index (κ2) is 8.63. The molecular weight excluding hydrogens is 460 g/mol. The predicted octanol–water partition coefficient (Wildman–Crippen LogP) is 5.70. The number of carbonyl (C=O) groups is 1. The molecule has 5 rings (SSSR count). The first kappa shape index (κ1) is 19.9. The minimum atomic E-state index is 0.348. The molecule has 30 heavy (non-hydrogen) atoms. The predicted molar refractivity (Wildman–Crippen MR) is 125 cm³/mol. The second-order valence-electron chi connectivity index (χ2n) is 8.30. The number of anilines is 2. The largest absolute Gasteiger partial charge is 0.343 e. The highest BCUT2D eigenvalue weighted by Gasteiger charge is 2.28. The summed E-state index contributed by atoms with van der Waals surface area (Å²) >= 11 is 5.30. The lowest BCUT2D eigenvalue weighted by Crippen LogP contribution is -2.37. The van der Waals surface area contributed by atoms with E-state index in [2.05, 4.69) is 42.2 Å². The van der Waals surface area contributed by atoms with Gasteiger partial charge in [-0.3, -0.25) is 4.79 Å². The Morgan fingerprint density at radius 1 is 1.23 bits per heavy atom. The monoisotopic (exact) mass is 484 g/mol. The number of likely N-dealkylation sites (tertiary alicyclic amines) is 1. The van der Waals surface area contributed by atoms with Crippen LogP contribution in [0, 0.1) is 5.92 Å². The lowest BCUT2D eigenvalue weighted by molar-refractivity contribution is -0.133. The first-order valence-electron chi connectivity index (χ1n) is 10.7. The van der Waals surface area contributed by atoms with Gasteiger partial charge in [0.15, 0.2) is 0 Å². The molecule has 1 fully saturated rings. The molecule has 1 amide bonds. The number of hydrogen-bond donors (Lipinski definition) is 1. The van der Waals surface area contributed by atoms with Gasteiger partial charge in [0, 0.05) is 34.5 Å². The maximum Gasteiger partial charge on any atom is 0.222 e. The first-order valence-corrected chi connectivity index (χ1v) is 12.3. The van der Waals surface area contributed by atoms with E-state index in [1.165, 1.54) is 16.9 Å². The second-order valence-corrected chi connectivity index (χ2v) is 10.3. The number of nitrogens with one attached hydrogen (secondary N) is 1. The zero-order chi connectivity index (χ0) is 20.5. The van der Waals surface area contributed by atoms with Gasteiger partial charge in [0.2, 0.25) is 5.91 Å².